The fourth-order valence-electron chi connectivity index (χ4n) is 2.10. The van der Waals surface area contributed by atoms with E-state index < -0.39 is 0 Å². The summed E-state index contributed by atoms with van der Waals surface area (Å²) in [5, 5.41) is 6.85. The molecule has 0 radical (unpaired) electrons. The standard InChI is InChI=1S/C20H16N2OS/c23-20(10-8-17-11-13-24-15-17)22-19-6-3-4-16(14-19)7-9-18-5-1-2-12-21-18/h1-15H,(H,22,23)/b9-7+,10-8+. The second kappa shape index (κ2) is 8.04. The molecule has 0 aliphatic rings. The van der Waals surface area contributed by atoms with E-state index in [1.165, 1.54) is 0 Å². The topological polar surface area (TPSA) is 42.0 Å². The smallest absolute Gasteiger partial charge is 0.248 e. The lowest BCUT2D eigenvalue weighted by Gasteiger charge is -2.03. The number of thiophene rings is 1. The van der Waals surface area contributed by atoms with E-state index in [2.05, 4.69) is 10.3 Å². The van der Waals surface area contributed by atoms with Gasteiger partial charge in [-0.25, -0.2) is 0 Å². The normalized spacial score (nSPS) is 11.2. The average molecular weight is 332 g/mol. The Morgan fingerprint density at radius 2 is 1.96 bits per heavy atom. The highest BCUT2D eigenvalue weighted by molar-refractivity contribution is 7.08. The third-order valence-corrected chi connectivity index (χ3v) is 3.96. The molecule has 3 nitrogen and oxygen atoms in total. The van der Waals surface area contributed by atoms with Crippen molar-refractivity contribution in [2.24, 2.45) is 0 Å². The molecule has 24 heavy (non-hydrogen) atoms. The first kappa shape index (κ1) is 15.9. The van der Waals surface area contributed by atoms with Crippen LogP contribution in [0.3, 0.4) is 0 Å². The first-order valence-electron chi connectivity index (χ1n) is 7.50. The summed E-state index contributed by atoms with van der Waals surface area (Å²) in [7, 11) is 0. The number of benzene rings is 1. The monoisotopic (exact) mass is 332 g/mol. The molecule has 0 spiro atoms. The zero-order chi connectivity index (χ0) is 16.6. The summed E-state index contributed by atoms with van der Waals surface area (Å²) in [4.78, 5) is 16.2. The molecule has 2 heterocycles. The molecular weight excluding hydrogens is 316 g/mol. The van der Waals surface area contributed by atoms with Crippen molar-refractivity contribution in [3.63, 3.8) is 0 Å². The van der Waals surface area contributed by atoms with Crippen LogP contribution in [0.1, 0.15) is 16.8 Å². The average Bonchev–Trinajstić information content (AvgIpc) is 3.13. The molecule has 4 heteroatoms. The van der Waals surface area contributed by atoms with Crippen molar-refractivity contribution < 1.29 is 4.79 Å². The lowest BCUT2D eigenvalue weighted by atomic mass is 10.1. The number of anilines is 1. The van der Waals surface area contributed by atoms with E-state index in [1.54, 1.807) is 29.7 Å². The number of nitrogens with zero attached hydrogens (tertiary/aromatic N) is 1. The molecule has 0 saturated heterocycles. The van der Waals surface area contributed by atoms with E-state index in [0.29, 0.717) is 0 Å². The summed E-state index contributed by atoms with van der Waals surface area (Å²) < 4.78 is 0. The van der Waals surface area contributed by atoms with Gasteiger partial charge in [-0.3, -0.25) is 9.78 Å². The van der Waals surface area contributed by atoms with Crippen LogP contribution in [0.4, 0.5) is 5.69 Å². The number of carbonyl (C=O) groups excluding carboxylic acids is 1. The zero-order valence-electron chi connectivity index (χ0n) is 12.9. The summed E-state index contributed by atoms with van der Waals surface area (Å²) in [6.45, 7) is 0. The molecule has 0 unspecified atom stereocenters. The number of nitrogens with one attached hydrogen (secondary N) is 1. The Hall–Kier alpha value is -2.98. The highest BCUT2D eigenvalue weighted by atomic mass is 32.1. The van der Waals surface area contributed by atoms with Gasteiger partial charge in [0, 0.05) is 18.0 Å². The van der Waals surface area contributed by atoms with Gasteiger partial charge in [0.15, 0.2) is 0 Å². The Morgan fingerprint density at radius 1 is 1.00 bits per heavy atom. The number of rotatable bonds is 5. The highest BCUT2D eigenvalue weighted by Crippen LogP contribution is 2.14. The summed E-state index contributed by atoms with van der Waals surface area (Å²) in [6.07, 6.45) is 9.02. The zero-order valence-corrected chi connectivity index (χ0v) is 13.7. The number of pyridine rings is 1. The van der Waals surface area contributed by atoms with Crippen LogP contribution in [0.2, 0.25) is 0 Å². The minimum absolute atomic E-state index is 0.146. The van der Waals surface area contributed by atoms with Crippen LogP contribution in [0.15, 0.2) is 71.6 Å². The number of amides is 1. The Kier molecular flexibility index (Phi) is 5.32. The fraction of sp³-hybridized carbons (Fsp3) is 0. The summed E-state index contributed by atoms with van der Waals surface area (Å²) >= 11 is 1.61. The van der Waals surface area contributed by atoms with Crippen LogP contribution in [-0.4, -0.2) is 10.9 Å². The van der Waals surface area contributed by atoms with Crippen LogP contribution in [0.25, 0.3) is 18.2 Å². The van der Waals surface area contributed by atoms with Gasteiger partial charge in [-0.2, -0.15) is 11.3 Å². The maximum absolute atomic E-state index is 12.0. The second-order valence-electron chi connectivity index (χ2n) is 5.09. The minimum atomic E-state index is -0.146. The molecule has 0 aliphatic carbocycles. The van der Waals surface area contributed by atoms with Crippen molar-refractivity contribution in [2.45, 2.75) is 0 Å². The van der Waals surface area contributed by atoms with Crippen molar-refractivity contribution in [2.75, 3.05) is 5.32 Å². The lowest BCUT2D eigenvalue weighted by molar-refractivity contribution is -0.111. The molecule has 118 valence electrons. The summed E-state index contributed by atoms with van der Waals surface area (Å²) in [5.41, 5.74) is 3.69. The van der Waals surface area contributed by atoms with Crippen LogP contribution < -0.4 is 5.32 Å². The number of hydrogen-bond donors (Lipinski definition) is 1. The van der Waals surface area contributed by atoms with E-state index in [4.69, 9.17) is 0 Å². The predicted molar refractivity (Wildman–Crippen MR) is 102 cm³/mol. The number of hydrogen-bond acceptors (Lipinski definition) is 3. The maximum atomic E-state index is 12.0. The first-order chi connectivity index (χ1) is 11.8. The quantitative estimate of drug-likeness (QED) is 0.671. The van der Waals surface area contributed by atoms with E-state index in [9.17, 15) is 4.79 Å². The Balaban J connectivity index is 1.64. The minimum Gasteiger partial charge on any atom is -0.322 e. The van der Waals surface area contributed by atoms with Gasteiger partial charge in [-0.15, -0.1) is 0 Å². The lowest BCUT2D eigenvalue weighted by Crippen LogP contribution is -2.07. The van der Waals surface area contributed by atoms with Gasteiger partial charge < -0.3 is 5.32 Å². The van der Waals surface area contributed by atoms with Gasteiger partial charge in [-0.1, -0.05) is 24.3 Å². The van der Waals surface area contributed by atoms with Gasteiger partial charge in [0.1, 0.15) is 0 Å². The molecule has 3 rings (SSSR count). The number of aromatic nitrogens is 1. The molecule has 1 aromatic carbocycles. The van der Waals surface area contributed by atoms with Crippen molar-refractivity contribution in [3.05, 3.63) is 88.4 Å². The fourth-order valence-corrected chi connectivity index (χ4v) is 2.73. The Bertz CT molecular complexity index is 852. The molecule has 0 aliphatic heterocycles. The molecule has 0 atom stereocenters. The van der Waals surface area contributed by atoms with Gasteiger partial charge in [0.05, 0.1) is 5.69 Å². The molecule has 2 aromatic heterocycles. The van der Waals surface area contributed by atoms with Gasteiger partial charge in [0.25, 0.3) is 0 Å². The van der Waals surface area contributed by atoms with Crippen molar-refractivity contribution in [3.8, 4) is 0 Å². The molecule has 0 bridgehead atoms. The molecular formula is C20H16N2OS. The van der Waals surface area contributed by atoms with Crippen LogP contribution >= 0.6 is 11.3 Å². The van der Waals surface area contributed by atoms with Crippen LogP contribution in [-0.2, 0) is 4.79 Å². The van der Waals surface area contributed by atoms with Gasteiger partial charge in [0.2, 0.25) is 5.91 Å². The number of carbonyl (C=O) groups is 1. The Labute approximate surface area is 145 Å². The SMILES string of the molecule is O=C(/C=C/c1ccsc1)Nc1cccc(/C=C/c2ccccn2)c1. The molecule has 3 aromatic rings. The van der Waals surface area contributed by atoms with Crippen molar-refractivity contribution in [1.82, 2.24) is 4.98 Å². The largest absolute Gasteiger partial charge is 0.322 e. The van der Waals surface area contributed by atoms with Crippen LogP contribution in [0.5, 0.6) is 0 Å². The molecule has 0 saturated carbocycles. The molecule has 0 fully saturated rings. The molecule has 1 N–H and O–H groups in total. The highest BCUT2D eigenvalue weighted by Gasteiger charge is 1.99. The van der Waals surface area contributed by atoms with Crippen molar-refractivity contribution in [1.29, 1.82) is 0 Å². The Morgan fingerprint density at radius 3 is 2.75 bits per heavy atom. The van der Waals surface area contributed by atoms with Gasteiger partial charge in [-0.05, 0) is 64.4 Å². The first-order valence-corrected chi connectivity index (χ1v) is 8.44. The van der Waals surface area contributed by atoms with Crippen molar-refractivity contribution >= 4 is 41.2 Å². The van der Waals surface area contributed by atoms with Crippen LogP contribution in [0, 0.1) is 0 Å². The van der Waals surface area contributed by atoms with E-state index in [0.717, 1.165) is 22.5 Å². The van der Waals surface area contributed by atoms with E-state index >= 15 is 0 Å². The van der Waals surface area contributed by atoms with E-state index in [-0.39, 0.29) is 5.91 Å². The van der Waals surface area contributed by atoms with Gasteiger partial charge >= 0.3 is 0 Å². The third kappa shape index (κ3) is 4.76. The summed E-state index contributed by atoms with van der Waals surface area (Å²) in [5.74, 6) is -0.146. The third-order valence-electron chi connectivity index (χ3n) is 3.26. The summed E-state index contributed by atoms with van der Waals surface area (Å²) in [6, 6.07) is 15.4. The second-order valence-corrected chi connectivity index (χ2v) is 5.87. The molecule has 1 amide bonds. The predicted octanol–water partition coefficient (Wildman–Crippen LogP) is 4.97. The van der Waals surface area contributed by atoms with E-state index in [1.807, 2.05) is 71.4 Å². The maximum Gasteiger partial charge on any atom is 0.248 e.